The van der Waals surface area contributed by atoms with Crippen LogP contribution < -0.4 is 10.7 Å². The predicted octanol–water partition coefficient (Wildman–Crippen LogP) is 4.90. The van der Waals surface area contributed by atoms with Gasteiger partial charge in [-0.25, -0.2) is 14.0 Å². The first kappa shape index (κ1) is 23.4. The molecule has 1 saturated carbocycles. The summed E-state index contributed by atoms with van der Waals surface area (Å²) in [5.74, 6) is -0.681. The van der Waals surface area contributed by atoms with E-state index >= 15 is 4.39 Å². The van der Waals surface area contributed by atoms with E-state index < -0.39 is 28.8 Å². The maximum Gasteiger partial charge on any atom is 0.408 e. The third-order valence-electron chi connectivity index (χ3n) is 6.44. The standard InChI is InChI=1S/C26H25FN2O5S/c1-3-33-24(31)18-12-29-15(2)14-35-23-20(19(27)11-17(21(23)29)22(18)30)26(9-10-26)28-25(32)34-13-16-7-5-4-6-8-16/h4-8,11-12,15H,3,9-10,13-14H2,1-2H3,(H,28,32). The summed E-state index contributed by atoms with van der Waals surface area (Å²) in [5, 5.41) is 3.01. The van der Waals surface area contributed by atoms with Crippen molar-refractivity contribution in [1.29, 1.82) is 0 Å². The van der Waals surface area contributed by atoms with Crippen LogP contribution in [-0.4, -0.2) is 29.0 Å². The summed E-state index contributed by atoms with van der Waals surface area (Å²) in [5.41, 5.74) is 0.237. The van der Waals surface area contributed by atoms with Crippen LogP contribution in [0.25, 0.3) is 10.9 Å². The molecule has 9 heteroatoms. The largest absolute Gasteiger partial charge is 0.462 e. The summed E-state index contributed by atoms with van der Waals surface area (Å²) >= 11 is 1.46. The molecule has 1 atom stereocenters. The van der Waals surface area contributed by atoms with Crippen molar-refractivity contribution in [2.45, 2.75) is 49.8 Å². The van der Waals surface area contributed by atoms with Gasteiger partial charge in [-0.15, -0.1) is 11.8 Å². The number of alkyl carbamates (subject to hydrolysis) is 1. The molecule has 35 heavy (non-hydrogen) atoms. The molecule has 7 nitrogen and oxygen atoms in total. The number of nitrogens with zero attached hydrogens (tertiary/aromatic N) is 1. The average molecular weight is 497 g/mol. The van der Waals surface area contributed by atoms with E-state index in [1.165, 1.54) is 24.0 Å². The number of thioether (sulfide) groups is 1. The van der Waals surface area contributed by atoms with E-state index in [9.17, 15) is 14.4 Å². The molecule has 1 fully saturated rings. The first-order chi connectivity index (χ1) is 16.8. The van der Waals surface area contributed by atoms with Crippen LogP contribution in [0, 0.1) is 5.82 Å². The molecule has 1 amide bonds. The Hall–Kier alpha value is -3.33. The highest BCUT2D eigenvalue weighted by Crippen LogP contribution is 2.53. The number of amides is 1. The molecule has 2 heterocycles. The normalized spacial score (nSPS) is 17.6. The number of nitrogens with one attached hydrogen (secondary N) is 1. The summed E-state index contributed by atoms with van der Waals surface area (Å²) < 4.78 is 27.9. The van der Waals surface area contributed by atoms with Gasteiger partial charge < -0.3 is 19.4 Å². The van der Waals surface area contributed by atoms with Gasteiger partial charge in [-0.3, -0.25) is 4.79 Å². The minimum atomic E-state index is -0.893. The molecule has 5 rings (SSSR count). The quantitative estimate of drug-likeness (QED) is 0.489. The van der Waals surface area contributed by atoms with Gasteiger partial charge in [-0.05, 0) is 38.3 Å². The fraction of sp³-hybridized carbons (Fsp3) is 0.346. The van der Waals surface area contributed by atoms with E-state index in [2.05, 4.69) is 5.32 Å². The first-order valence-electron chi connectivity index (χ1n) is 11.5. The van der Waals surface area contributed by atoms with Gasteiger partial charge in [0.05, 0.1) is 23.0 Å². The summed E-state index contributed by atoms with van der Waals surface area (Å²) in [6.45, 7) is 3.88. The lowest BCUT2D eigenvalue weighted by Crippen LogP contribution is -2.37. The van der Waals surface area contributed by atoms with E-state index in [4.69, 9.17) is 9.47 Å². The zero-order valence-electron chi connectivity index (χ0n) is 19.4. The lowest BCUT2D eigenvalue weighted by Gasteiger charge is -2.30. The average Bonchev–Trinajstić information content (AvgIpc) is 3.61. The minimum Gasteiger partial charge on any atom is -0.462 e. The van der Waals surface area contributed by atoms with Gasteiger partial charge in [-0.2, -0.15) is 0 Å². The molecule has 1 aliphatic heterocycles. The van der Waals surface area contributed by atoms with Crippen molar-refractivity contribution in [3.8, 4) is 0 Å². The number of rotatable bonds is 6. The van der Waals surface area contributed by atoms with Crippen LogP contribution in [0.3, 0.4) is 0 Å². The molecule has 1 aromatic heterocycles. The lowest BCUT2D eigenvalue weighted by atomic mass is 9.99. The molecule has 0 spiro atoms. The molecule has 0 bridgehead atoms. The second-order valence-electron chi connectivity index (χ2n) is 8.89. The fourth-order valence-corrected chi connectivity index (χ4v) is 5.90. The highest BCUT2D eigenvalue weighted by Gasteiger charge is 2.50. The minimum absolute atomic E-state index is 0.0268. The fourth-order valence-electron chi connectivity index (χ4n) is 4.54. The number of pyridine rings is 1. The van der Waals surface area contributed by atoms with E-state index in [1.807, 2.05) is 41.8 Å². The Balaban J connectivity index is 1.54. The van der Waals surface area contributed by atoms with Crippen molar-refractivity contribution < 1.29 is 23.5 Å². The van der Waals surface area contributed by atoms with Crippen molar-refractivity contribution in [2.24, 2.45) is 0 Å². The van der Waals surface area contributed by atoms with Crippen LogP contribution in [0.5, 0.6) is 0 Å². The summed E-state index contributed by atoms with van der Waals surface area (Å²) in [6, 6.07) is 10.5. The van der Waals surface area contributed by atoms with E-state index in [0.29, 0.717) is 34.6 Å². The number of carbonyl (C=O) groups is 2. The van der Waals surface area contributed by atoms with Crippen LogP contribution in [0.1, 0.15) is 54.2 Å². The van der Waals surface area contributed by atoms with Gasteiger partial charge in [0.2, 0.25) is 5.43 Å². The molecule has 2 aromatic carbocycles. The molecule has 3 aromatic rings. The highest BCUT2D eigenvalue weighted by atomic mass is 32.2. The van der Waals surface area contributed by atoms with E-state index in [0.717, 1.165) is 5.56 Å². The van der Waals surface area contributed by atoms with Gasteiger partial charge in [0.1, 0.15) is 18.0 Å². The number of carbonyl (C=O) groups excluding carboxylic acids is 2. The number of aromatic nitrogens is 1. The molecule has 1 N–H and O–H groups in total. The Morgan fingerprint density at radius 1 is 1.23 bits per heavy atom. The summed E-state index contributed by atoms with van der Waals surface area (Å²) in [4.78, 5) is 38.8. The number of benzene rings is 2. The van der Waals surface area contributed by atoms with Crippen molar-refractivity contribution in [3.63, 3.8) is 0 Å². The number of halogens is 1. The number of ether oxygens (including phenoxy) is 2. The maximum absolute atomic E-state index is 15.6. The number of esters is 1. The zero-order valence-corrected chi connectivity index (χ0v) is 20.2. The maximum atomic E-state index is 15.6. The van der Waals surface area contributed by atoms with Gasteiger partial charge in [0, 0.05) is 28.5 Å². The topological polar surface area (TPSA) is 86.6 Å². The Labute approximate surface area is 205 Å². The van der Waals surface area contributed by atoms with Gasteiger partial charge in [0.25, 0.3) is 0 Å². The molecule has 2 aliphatic rings. The molecule has 1 aliphatic carbocycles. The molecule has 0 saturated heterocycles. The van der Waals surface area contributed by atoms with Crippen LogP contribution in [0.4, 0.5) is 9.18 Å². The predicted molar refractivity (Wildman–Crippen MR) is 130 cm³/mol. The van der Waals surface area contributed by atoms with E-state index in [1.54, 1.807) is 6.92 Å². The number of hydrogen-bond donors (Lipinski definition) is 1. The summed E-state index contributed by atoms with van der Waals surface area (Å²) in [6.07, 6.45) is 2.01. The van der Waals surface area contributed by atoms with Crippen molar-refractivity contribution in [1.82, 2.24) is 9.88 Å². The van der Waals surface area contributed by atoms with Crippen LogP contribution >= 0.6 is 11.8 Å². The lowest BCUT2D eigenvalue weighted by molar-refractivity contribution is 0.0524. The second kappa shape index (κ2) is 9.03. The highest BCUT2D eigenvalue weighted by molar-refractivity contribution is 7.99. The Morgan fingerprint density at radius 2 is 1.97 bits per heavy atom. The Morgan fingerprint density at radius 3 is 2.66 bits per heavy atom. The SMILES string of the molecule is CCOC(=O)c1cn2c3c(c(C4(NC(=O)OCc5ccccc5)CC4)c(F)cc3c1=O)SCC2C. The summed E-state index contributed by atoms with van der Waals surface area (Å²) in [7, 11) is 0. The first-order valence-corrected chi connectivity index (χ1v) is 12.5. The van der Waals surface area contributed by atoms with Crippen molar-refractivity contribution in [2.75, 3.05) is 12.4 Å². The zero-order chi connectivity index (χ0) is 24.7. The van der Waals surface area contributed by atoms with Crippen molar-refractivity contribution >= 4 is 34.7 Å². The Bertz CT molecular complexity index is 1380. The number of hydrogen-bond acceptors (Lipinski definition) is 6. The second-order valence-corrected chi connectivity index (χ2v) is 9.92. The molecule has 1 unspecified atom stereocenters. The monoisotopic (exact) mass is 496 g/mol. The van der Waals surface area contributed by atoms with Crippen LogP contribution in [-0.2, 0) is 21.6 Å². The smallest absolute Gasteiger partial charge is 0.408 e. The van der Waals surface area contributed by atoms with Crippen molar-refractivity contribution in [3.05, 3.63) is 75.3 Å². The van der Waals surface area contributed by atoms with Crippen LogP contribution in [0.2, 0.25) is 0 Å². The molecular formula is C26H25FN2O5S. The third-order valence-corrected chi connectivity index (χ3v) is 7.78. The van der Waals surface area contributed by atoms with Crippen LogP contribution in [0.15, 0.2) is 52.3 Å². The van der Waals surface area contributed by atoms with Gasteiger partial charge >= 0.3 is 12.1 Å². The molecule has 0 radical (unpaired) electrons. The van der Waals surface area contributed by atoms with Gasteiger partial charge in [-0.1, -0.05) is 30.3 Å². The Kier molecular flexibility index (Phi) is 6.04. The molecular weight excluding hydrogens is 471 g/mol. The molecule has 182 valence electrons. The van der Waals surface area contributed by atoms with Gasteiger partial charge in [0.15, 0.2) is 0 Å². The third kappa shape index (κ3) is 4.18. The van der Waals surface area contributed by atoms with E-state index in [-0.39, 0.29) is 30.2 Å².